The summed E-state index contributed by atoms with van der Waals surface area (Å²) >= 11 is 0. The summed E-state index contributed by atoms with van der Waals surface area (Å²) < 4.78 is 5.79. The number of hydrogen-bond donors (Lipinski definition) is 0. The first-order valence-corrected chi connectivity index (χ1v) is 8.55. The third-order valence-corrected chi connectivity index (χ3v) is 4.46. The molecule has 0 amide bonds. The molecule has 0 spiro atoms. The van der Waals surface area contributed by atoms with Crippen LogP contribution >= 0.6 is 0 Å². The number of nitriles is 1. The van der Waals surface area contributed by atoms with Crippen LogP contribution in [0.4, 0.5) is 0 Å². The smallest absolute Gasteiger partial charge is 0.119 e. The molecule has 0 unspecified atom stereocenters. The molecule has 1 aliphatic rings. The van der Waals surface area contributed by atoms with Gasteiger partial charge in [-0.25, -0.2) is 0 Å². The first kappa shape index (κ1) is 16.3. The Hall–Kier alpha value is -2.60. The van der Waals surface area contributed by atoms with Gasteiger partial charge in [0.05, 0.1) is 6.54 Å². The maximum atomic E-state index is 9.29. The first-order chi connectivity index (χ1) is 11.8. The van der Waals surface area contributed by atoms with Gasteiger partial charge in [0, 0.05) is 5.92 Å². The average molecular weight is 318 g/mol. The van der Waals surface area contributed by atoms with Crippen LogP contribution in [-0.2, 0) is 13.2 Å². The predicted molar refractivity (Wildman–Crippen MR) is 95.9 cm³/mol. The Balaban J connectivity index is 1.55. The summed E-state index contributed by atoms with van der Waals surface area (Å²) in [5.74, 6) is 1.23. The second-order valence-electron chi connectivity index (χ2n) is 6.21. The fourth-order valence-electron chi connectivity index (χ4n) is 3.06. The molecule has 2 aromatic carbocycles. The first-order valence-electron chi connectivity index (χ1n) is 8.55. The number of nitrogens with zero attached hydrogens (tertiary/aromatic N) is 2. The largest absolute Gasteiger partial charge is 0.489 e. The SMILES string of the molecule is N#CC(=NCc1ccc(OCc2ccccc2)cc1)C1CCCC1. The van der Waals surface area contributed by atoms with E-state index in [-0.39, 0.29) is 0 Å². The van der Waals surface area contributed by atoms with Gasteiger partial charge < -0.3 is 4.74 Å². The van der Waals surface area contributed by atoms with E-state index in [1.807, 2.05) is 42.5 Å². The van der Waals surface area contributed by atoms with E-state index in [0.717, 1.165) is 35.4 Å². The highest BCUT2D eigenvalue weighted by Gasteiger charge is 2.20. The quantitative estimate of drug-likeness (QED) is 0.710. The van der Waals surface area contributed by atoms with Crippen LogP contribution in [0.25, 0.3) is 0 Å². The molecule has 1 aliphatic carbocycles. The van der Waals surface area contributed by atoms with Gasteiger partial charge in [0.15, 0.2) is 0 Å². The zero-order chi connectivity index (χ0) is 16.6. The number of aliphatic imine (C=N–C) groups is 1. The van der Waals surface area contributed by atoms with Crippen LogP contribution in [0, 0.1) is 17.2 Å². The molecule has 122 valence electrons. The van der Waals surface area contributed by atoms with Gasteiger partial charge in [0.2, 0.25) is 0 Å². The van der Waals surface area contributed by atoms with Gasteiger partial charge >= 0.3 is 0 Å². The Labute approximate surface area is 143 Å². The lowest BCUT2D eigenvalue weighted by atomic mass is 10.0. The van der Waals surface area contributed by atoms with Crippen LogP contribution in [0.1, 0.15) is 36.8 Å². The summed E-state index contributed by atoms with van der Waals surface area (Å²) in [6.45, 7) is 1.14. The molecule has 0 aliphatic heterocycles. The van der Waals surface area contributed by atoms with Crippen molar-refractivity contribution in [2.45, 2.75) is 38.8 Å². The minimum atomic E-state index is 0.378. The normalized spacial score (nSPS) is 15.2. The predicted octanol–water partition coefficient (Wildman–Crippen LogP) is 4.92. The molecule has 1 saturated carbocycles. The van der Waals surface area contributed by atoms with E-state index in [0.29, 0.717) is 19.1 Å². The summed E-state index contributed by atoms with van der Waals surface area (Å²) in [5.41, 5.74) is 2.98. The number of hydrogen-bond acceptors (Lipinski definition) is 3. The third-order valence-electron chi connectivity index (χ3n) is 4.46. The zero-order valence-electron chi connectivity index (χ0n) is 13.8. The standard InChI is InChI=1S/C21H22N2O/c22-14-21(19-8-4-5-9-19)23-15-17-10-12-20(13-11-17)24-16-18-6-2-1-3-7-18/h1-3,6-7,10-13,19H,4-5,8-9,15-16H2. The summed E-state index contributed by atoms with van der Waals surface area (Å²) in [5, 5.41) is 9.29. The van der Waals surface area contributed by atoms with Crippen LogP contribution < -0.4 is 4.74 Å². The van der Waals surface area contributed by atoms with Crippen molar-refractivity contribution in [3.63, 3.8) is 0 Å². The van der Waals surface area contributed by atoms with Gasteiger partial charge in [-0.1, -0.05) is 55.3 Å². The van der Waals surface area contributed by atoms with Crippen LogP contribution in [-0.4, -0.2) is 5.71 Å². The molecule has 0 N–H and O–H groups in total. The second kappa shape index (κ2) is 8.31. The van der Waals surface area contributed by atoms with Gasteiger partial charge in [0.1, 0.15) is 24.1 Å². The third kappa shape index (κ3) is 4.45. The summed E-state index contributed by atoms with van der Waals surface area (Å²) in [7, 11) is 0. The molecule has 0 saturated heterocycles. The van der Waals surface area contributed by atoms with Crippen molar-refractivity contribution in [1.29, 1.82) is 5.26 Å². The van der Waals surface area contributed by atoms with Crippen LogP contribution in [0.2, 0.25) is 0 Å². The Kier molecular flexibility index (Phi) is 5.63. The molecule has 0 radical (unpaired) electrons. The maximum Gasteiger partial charge on any atom is 0.119 e. The summed E-state index contributed by atoms with van der Waals surface area (Å²) in [6, 6.07) is 20.4. The number of benzene rings is 2. The van der Waals surface area contributed by atoms with Crippen molar-refractivity contribution in [3.05, 3.63) is 65.7 Å². The molecule has 3 heteroatoms. The van der Waals surface area contributed by atoms with Crippen LogP contribution in [0.15, 0.2) is 59.6 Å². The molecule has 3 rings (SSSR count). The highest BCUT2D eigenvalue weighted by Crippen LogP contribution is 2.26. The molecule has 2 aromatic rings. The highest BCUT2D eigenvalue weighted by molar-refractivity contribution is 6.00. The maximum absolute atomic E-state index is 9.29. The molecule has 3 nitrogen and oxygen atoms in total. The molecule has 0 bridgehead atoms. The van der Waals surface area contributed by atoms with Crippen molar-refractivity contribution in [3.8, 4) is 11.8 Å². The Morgan fingerprint density at radius 1 is 1.00 bits per heavy atom. The van der Waals surface area contributed by atoms with Gasteiger partial charge in [0.25, 0.3) is 0 Å². The van der Waals surface area contributed by atoms with E-state index in [9.17, 15) is 5.26 Å². The minimum absolute atomic E-state index is 0.378. The van der Waals surface area contributed by atoms with Crippen molar-refractivity contribution in [2.75, 3.05) is 0 Å². The van der Waals surface area contributed by atoms with E-state index in [2.05, 4.69) is 23.2 Å². The fraction of sp³-hybridized carbons (Fsp3) is 0.333. The molecule has 0 heterocycles. The minimum Gasteiger partial charge on any atom is -0.489 e. The van der Waals surface area contributed by atoms with Crippen molar-refractivity contribution >= 4 is 5.71 Å². The van der Waals surface area contributed by atoms with Crippen molar-refractivity contribution < 1.29 is 4.74 Å². The molecule has 24 heavy (non-hydrogen) atoms. The Bertz CT molecular complexity index is 708. The second-order valence-corrected chi connectivity index (χ2v) is 6.21. The van der Waals surface area contributed by atoms with Crippen LogP contribution in [0.5, 0.6) is 5.75 Å². The molecule has 0 aromatic heterocycles. The van der Waals surface area contributed by atoms with Gasteiger partial charge in [-0.2, -0.15) is 5.26 Å². The number of rotatable bonds is 6. The fourth-order valence-corrected chi connectivity index (χ4v) is 3.06. The average Bonchev–Trinajstić information content (AvgIpc) is 3.17. The topological polar surface area (TPSA) is 45.4 Å². The lowest BCUT2D eigenvalue weighted by molar-refractivity contribution is 0.306. The van der Waals surface area contributed by atoms with Crippen LogP contribution in [0.3, 0.4) is 0 Å². The van der Waals surface area contributed by atoms with E-state index < -0.39 is 0 Å². The monoisotopic (exact) mass is 318 g/mol. The van der Waals surface area contributed by atoms with E-state index >= 15 is 0 Å². The summed E-state index contributed by atoms with van der Waals surface area (Å²) in [4.78, 5) is 4.53. The van der Waals surface area contributed by atoms with E-state index in [1.54, 1.807) is 0 Å². The molecular weight excluding hydrogens is 296 g/mol. The Morgan fingerprint density at radius 3 is 2.38 bits per heavy atom. The van der Waals surface area contributed by atoms with Gasteiger partial charge in [-0.05, 0) is 36.1 Å². The number of ether oxygens (including phenoxy) is 1. The van der Waals surface area contributed by atoms with E-state index in [4.69, 9.17) is 4.74 Å². The molecular formula is C21H22N2O. The van der Waals surface area contributed by atoms with E-state index in [1.165, 1.54) is 12.8 Å². The van der Waals surface area contributed by atoms with Gasteiger partial charge in [-0.3, -0.25) is 4.99 Å². The lowest BCUT2D eigenvalue weighted by Gasteiger charge is -2.08. The van der Waals surface area contributed by atoms with Gasteiger partial charge in [-0.15, -0.1) is 0 Å². The highest BCUT2D eigenvalue weighted by atomic mass is 16.5. The molecule has 1 fully saturated rings. The van der Waals surface area contributed by atoms with Crippen molar-refractivity contribution in [2.24, 2.45) is 10.9 Å². The van der Waals surface area contributed by atoms with Crippen molar-refractivity contribution in [1.82, 2.24) is 0 Å². The zero-order valence-corrected chi connectivity index (χ0v) is 13.8. The molecule has 0 atom stereocenters. The Morgan fingerprint density at radius 2 is 1.71 bits per heavy atom. The lowest BCUT2D eigenvalue weighted by Crippen LogP contribution is -2.08. The summed E-state index contributed by atoms with van der Waals surface area (Å²) in [6.07, 6.45) is 4.66.